The largest absolute Gasteiger partial charge is 0.458 e. The third-order valence-electron chi connectivity index (χ3n) is 3.42. The van der Waals surface area contributed by atoms with Crippen molar-refractivity contribution < 1.29 is 14.2 Å². The lowest BCUT2D eigenvalue weighted by molar-refractivity contribution is 0.223. The lowest BCUT2D eigenvalue weighted by Gasteiger charge is -2.09. The third-order valence-corrected chi connectivity index (χ3v) is 5.61. The van der Waals surface area contributed by atoms with Gasteiger partial charge in [-0.3, -0.25) is 0 Å². The summed E-state index contributed by atoms with van der Waals surface area (Å²) in [5.41, 5.74) is 3.17. The van der Waals surface area contributed by atoms with Crippen molar-refractivity contribution in [3.8, 4) is 18.0 Å². The van der Waals surface area contributed by atoms with Gasteiger partial charge in [0.15, 0.2) is 0 Å². The zero-order valence-electron chi connectivity index (χ0n) is 14.1. The zero-order valence-corrected chi connectivity index (χ0v) is 16.6. The Bertz CT molecular complexity index is 805. The summed E-state index contributed by atoms with van der Waals surface area (Å²) < 4.78 is 17.1. The van der Waals surface area contributed by atoms with Gasteiger partial charge in [0.1, 0.15) is 19.8 Å². The minimum Gasteiger partial charge on any atom is -0.458 e. The van der Waals surface area contributed by atoms with Crippen LogP contribution in [0, 0.1) is 0 Å². The zero-order chi connectivity index (χ0) is 18.3. The topological polar surface area (TPSA) is 66.4 Å². The minimum atomic E-state index is 0.178. The van der Waals surface area contributed by atoms with E-state index in [0.29, 0.717) is 19.8 Å². The highest BCUT2D eigenvalue weighted by atomic mass is 32.1. The van der Waals surface area contributed by atoms with Gasteiger partial charge in [0.05, 0.1) is 0 Å². The summed E-state index contributed by atoms with van der Waals surface area (Å²) in [6, 6.07) is 6.51. The number of aromatic nitrogens is 3. The van der Waals surface area contributed by atoms with Gasteiger partial charge in [-0.25, -0.2) is 0 Å². The Morgan fingerprint density at radius 1 is 0.556 bits per heavy atom. The molecule has 4 aromatic heterocycles. The van der Waals surface area contributed by atoms with Crippen LogP contribution in [0.3, 0.4) is 0 Å². The normalized spacial score (nSPS) is 10.7. The van der Waals surface area contributed by atoms with Gasteiger partial charge in [-0.05, 0) is 50.5 Å². The van der Waals surface area contributed by atoms with Gasteiger partial charge in [0.2, 0.25) is 0 Å². The lowest BCUT2D eigenvalue weighted by Crippen LogP contribution is -2.07. The monoisotopic (exact) mass is 417 g/mol. The first-order chi connectivity index (χ1) is 13.3. The molecule has 0 saturated carbocycles. The molecule has 27 heavy (non-hydrogen) atoms. The quantitative estimate of drug-likeness (QED) is 0.390. The lowest BCUT2D eigenvalue weighted by atomic mass is 10.4. The van der Waals surface area contributed by atoms with Crippen LogP contribution >= 0.6 is 34.0 Å². The molecule has 0 atom stereocenters. The first-order valence-electron chi connectivity index (χ1n) is 8.03. The van der Waals surface area contributed by atoms with E-state index >= 15 is 0 Å². The summed E-state index contributed by atoms with van der Waals surface area (Å²) in [7, 11) is 0. The fraction of sp³-hybridized carbons (Fsp3) is 0.167. The molecule has 0 saturated heterocycles. The van der Waals surface area contributed by atoms with Crippen molar-refractivity contribution in [1.82, 2.24) is 15.0 Å². The van der Waals surface area contributed by atoms with Crippen LogP contribution in [0.2, 0.25) is 0 Å². The SMILES string of the molecule is c1cc(COc2nc(OCc3ccsc3)nc(OCc3ccsc3)n2)cs1. The van der Waals surface area contributed by atoms with Crippen LogP contribution < -0.4 is 14.2 Å². The van der Waals surface area contributed by atoms with Crippen LogP contribution in [0.1, 0.15) is 16.7 Å². The van der Waals surface area contributed by atoms with Crippen molar-refractivity contribution in [1.29, 1.82) is 0 Å². The van der Waals surface area contributed by atoms with Gasteiger partial charge in [0, 0.05) is 16.7 Å². The maximum absolute atomic E-state index is 5.69. The molecule has 6 nitrogen and oxygen atoms in total. The summed E-state index contributed by atoms with van der Waals surface area (Å²) in [6.45, 7) is 1.13. The van der Waals surface area contributed by atoms with Gasteiger partial charge in [-0.15, -0.1) is 15.0 Å². The van der Waals surface area contributed by atoms with E-state index in [9.17, 15) is 0 Å². The number of hydrogen-bond acceptors (Lipinski definition) is 9. The van der Waals surface area contributed by atoms with Crippen LogP contribution in [-0.2, 0) is 19.8 Å². The highest BCUT2D eigenvalue weighted by Crippen LogP contribution is 2.19. The molecule has 4 rings (SSSR count). The fourth-order valence-corrected chi connectivity index (χ4v) is 4.04. The number of thiophene rings is 3. The smallest absolute Gasteiger partial charge is 0.326 e. The second kappa shape index (κ2) is 8.94. The molecule has 0 radical (unpaired) electrons. The molecule has 0 amide bonds. The highest BCUT2D eigenvalue weighted by Gasteiger charge is 2.11. The minimum absolute atomic E-state index is 0.178. The Labute approximate surface area is 168 Å². The van der Waals surface area contributed by atoms with Gasteiger partial charge >= 0.3 is 18.0 Å². The van der Waals surface area contributed by atoms with Gasteiger partial charge in [-0.1, -0.05) is 0 Å². The molecular weight excluding hydrogens is 402 g/mol. The van der Waals surface area contributed by atoms with E-state index in [-0.39, 0.29) is 18.0 Å². The number of nitrogens with zero attached hydrogens (tertiary/aromatic N) is 3. The maximum Gasteiger partial charge on any atom is 0.326 e. The van der Waals surface area contributed by atoms with Crippen molar-refractivity contribution >= 4 is 34.0 Å². The molecule has 0 bridgehead atoms. The van der Waals surface area contributed by atoms with Gasteiger partial charge in [0.25, 0.3) is 0 Å². The second-order valence-electron chi connectivity index (χ2n) is 5.44. The van der Waals surface area contributed by atoms with Crippen molar-refractivity contribution in [2.45, 2.75) is 19.8 Å². The summed E-state index contributed by atoms with van der Waals surface area (Å²) in [6.07, 6.45) is 0. The van der Waals surface area contributed by atoms with Crippen molar-refractivity contribution in [2.24, 2.45) is 0 Å². The van der Waals surface area contributed by atoms with E-state index in [0.717, 1.165) is 16.7 Å². The van der Waals surface area contributed by atoms with Crippen molar-refractivity contribution in [3.05, 3.63) is 67.2 Å². The van der Waals surface area contributed by atoms with Gasteiger partial charge < -0.3 is 14.2 Å². The Balaban J connectivity index is 1.47. The van der Waals surface area contributed by atoms with Crippen molar-refractivity contribution in [2.75, 3.05) is 0 Å². The molecule has 138 valence electrons. The van der Waals surface area contributed by atoms with E-state index in [1.807, 2.05) is 50.5 Å². The van der Waals surface area contributed by atoms with E-state index < -0.39 is 0 Å². The van der Waals surface area contributed by atoms with E-state index in [4.69, 9.17) is 14.2 Å². The molecule has 0 aromatic carbocycles. The highest BCUT2D eigenvalue weighted by molar-refractivity contribution is 7.08. The molecule has 0 aliphatic heterocycles. The van der Waals surface area contributed by atoms with Crippen LogP contribution in [-0.4, -0.2) is 15.0 Å². The number of rotatable bonds is 9. The molecule has 0 aliphatic rings. The van der Waals surface area contributed by atoms with Crippen LogP contribution in [0.4, 0.5) is 0 Å². The Hall–Kier alpha value is -2.49. The van der Waals surface area contributed by atoms with Crippen LogP contribution in [0.15, 0.2) is 50.5 Å². The Kier molecular flexibility index (Phi) is 5.92. The average Bonchev–Trinajstić information content (AvgIpc) is 3.46. The molecule has 4 heterocycles. The van der Waals surface area contributed by atoms with E-state index in [1.54, 1.807) is 34.0 Å². The molecule has 9 heteroatoms. The average molecular weight is 418 g/mol. The van der Waals surface area contributed by atoms with E-state index in [1.165, 1.54) is 0 Å². The predicted octanol–water partition coefficient (Wildman–Crippen LogP) is 4.79. The molecule has 0 N–H and O–H groups in total. The molecular formula is C18H15N3O3S3. The standard InChI is InChI=1S/C18H15N3O3S3/c1-4-25-10-13(1)7-22-16-19-17(23-8-14-2-5-26-11-14)21-18(20-16)24-9-15-3-6-27-12-15/h1-6,10-12H,7-9H2. The molecule has 0 aliphatic carbocycles. The second-order valence-corrected chi connectivity index (χ2v) is 7.78. The first-order valence-corrected chi connectivity index (χ1v) is 10.9. The van der Waals surface area contributed by atoms with Crippen LogP contribution in [0.25, 0.3) is 0 Å². The van der Waals surface area contributed by atoms with Crippen molar-refractivity contribution in [3.63, 3.8) is 0 Å². The molecule has 0 unspecified atom stereocenters. The Morgan fingerprint density at radius 3 is 1.15 bits per heavy atom. The summed E-state index contributed by atoms with van der Waals surface area (Å²) in [4.78, 5) is 12.7. The number of hydrogen-bond donors (Lipinski definition) is 0. The summed E-state index contributed by atoms with van der Waals surface area (Å²) >= 11 is 4.84. The Morgan fingerprint density at radius 2 is 0.889 bits per heavy atom. The summed E-state index contributed by atoms with van der Waals surface area (Å²) in [5, 5.41) is 12.0. The fourth-order valence-electron chi connectivity index (χ4n) is 2.08. The third kappa shape index (κ3) is 5.25. The van der Waals surface area contributed by atoms with Crippen LogP contribution in [0.5, 0.6) is 18.0 Å². The van der Waals surface area contributed by atoms with E-state index in [2.05, 4.69) is 15.0 Å². The molecule has 4 aromatic rings. The number of ether oxygens (including phenoxy) is 3. The molecule has 0 spiro atoms. The first kappa shape index (κ1) is 17.9. The molecule has 0 fully saturated rings. The van der Waals surface area contributed by atoms with Gasteiger partial charge in [-0.2, -0.15) is 34.0 Å². The maximum atomic E-state index is 5.69. The summed E-state index contributed by atoms with van der Waals surface area (Å²) in [5.74, 6) is 0. The predicted molar refractivity (Wildman–Crippen MR) is 106 cm³/mol.